The topological polar surface area (TPSA) is 133 Å². The van der Waals surface area contributed by atoms with E-state index in [0.717, 1.165) is 10.5 Å². The molecule has 0 spiro atoms. The number of aromatic nitrogens is 1. The highest BCUT2D eigenvalue weighted by Crippen LogP contribution is 2.30. The molecular formula is C29H22N4O5S2. The van der Waals surface area contributed by atoms with Crippen molar-refractivity contribution in [3.8, 4) is 17.4 Å². The molecule has 0 radical (unpaired) electrons. The first-order chi connectivity index (χ1) is 19.3. The molecule has 9 nitrogen and oxygen atoms in total. The quantitative estimate of drug-likeness (QED) is 0.232. The van der Waals surface area contributed by atoms with Crippen LogP contribution in [0.25, 0.3) is 17.4 Å². The van der Waals surface area contributed by atoms with Gasteiger partial charge >= 0.3 is 0 Å². The minimum Gasteiger partial charge on any atom is -0.457 e. The Morgan fingerprint density at radius 2 is 1.80 bits per heavy atom. The number of anilines is 1. The molecule has 200 valence electrons. The number of hydrogen-bond donors (Lipinski definition) is 1. The van der Waals surface area contributed by atoms with Gasteiger partial charge in [0.2, 0.25) is 0 Å². The normalized spacial score (nSPS) is 15.0. The molecule has 0 aliphatic carbocycles. The molecule has 3 heterocycles. The summed E-state index contributed by atoms with van der Waals surface area (Å²) in [5.41, 5.74) is 1.98. The highest BCUT2D eigenvalue weighted by atomic mass is 32.2. The summed E-state index contributed by atoms with van der Waals surface area (Å²) in [4.78, 5) is 31.3. The molecule has 4 aromatic rings. The molecule has 40 heavy (non-hydrogen) atoms. The predicted molar refractivity (Wildman–Crippen MR) is 150 cm³/mol. The summed E-state index contributed by atoms with van der Waals surface area (Å²) >= 11 is 1.18. The Kier molecular flexibility index (Phi) is 7.46. The number of carbonyl (C=O) groups excluding carboxylic acids is 2. The number of nitriles is 1. The van der Waals surface area contributed by atoms with Crippen LogP contribution in [-0.2, 0) is 26.0 Å². The smallest absolute Gasteiger partial charge is 0.271 e. The van der Waals surface area contributed by atoms with Crippen LogP contribution in [0.2, 0.25) is 0 Å². The van der Waals surface area contributed by atoms with Crippen molar-refractivity contribution in [3.05, 3.63) is 106 Å². The molecule has 11 heteroatoms. The second-order valence-electron chi connectivity index (χ2n) is 8.84. The third kappa shape index (κ3) is 5.49. The molecule has 1 aliphatic rings. The molecule has 2 aromatic heterocycles. The van der Waals surface area contributed by atoms with Crippen molar-refractivity contribution in [3.63, 3.8) is 0 Å². The zero-order valence-electron chi connectivity index (χ0n) is 21.2. The minimum absolute atomic E-state index is 0.0678. The summed E-state index contributed by atoms with van der Waals surface area (Å²) < 4.78 is 33.6. The van der Waals surface area contributed by atoms with Crippen molar-refractivity contribution in [2.45, 2.75) is 18.2 Å². The maximum atomic E-state index is 13.3. The van der Waals surface area contributed by atoms with E-state index in [4.69, 9.17) is 4.42 Å². The fourth-order valence-electron chi connectivity index (χ4n) is 4.19. The second kappa shape index (κ2) is 11.1. The predicted octanol–water partition coefficient (Wildman–Crippen LogP) is 5.04. The number of hydrogen-bond acceptors (Lipinski definition) is 8. The third-order valence-electron chi connectivity index (χ3n) is 6.31. The zero-order chi connectivity index (χ0) is 28.3. The van der Waals surface area contributed by atoms with Crippen LogP contribution in [-0.4, -0.2) is 36.7 Å². The fourth-order valence-corrected chi connectivity index (χ4v) is 5.98. The van der Waals surface area contributed by atoms with E-state index in [-0.39, 0.29) is 33.3 Å². The summed E-state index contributed by atoms with van der Waals surface area (Å²) in [7, 11) is -3.79. The summed E-state index contributed by atoms with van der Waals surface area (Å²) in [5.74, 6) is -0.323. The van der Waals surface area contributed by atoms with Crippen molar-refractivity contribution >= 4 is 44.4 Å². The van der Waals surface area contributed by atoms with Gasteiger partial charge in [-0.2, -0.15) is 5.26 Å². The van der Waals surface area contributed by atoms with E-state index >= 15 is 0 Å². The number of thiazole rings is 1. The minimum atomic E-state index is -3.79. The van der Waals surface area contributed by atoms with Crippen molar-refractivity contribution in [2.75, 3.05) is 11.3 Å². The van der Waals surface area contributed by atoms with Crippen LogP contribution in [0, 0.1) is 11.3 Å². The molecule has 0 unspecified atom stereocenters. The van der Waals surface area contributed by atoms with Gasteiger partial charge in [-0.15, -0.1) is 11.3 Å². The number of amides is 2. The number of benzene rings is 2. The molecule has 0 saturated carbocycles. The fraction of sp³-hybridized carbons (Fsp3) is 0.103. The van der Waals surface area contributed by atoms with Crippen molar-refractivity contribution in [2.24, 2.45) is 0 Å². The third-order valence-corrected chi connectivity index (χ3v) is 8.48. The number of carbonyl (C=O) groups is 2. The molecule has 1 N–H and O–H groups in total. The van der Waals surface area contributed by atoms with E-state index in [0.29, 0.717) is 23.5 Å². The molecule has 1 aliphatic heterocycles. The summed E-state index contributed by atoms with van der Waals surface area (Å²) in [6.07, 6.45) is 3.48. The lowest BCUT2D eigenvalue weighted by Gasteiger charge is -2.27. The zero-order valence-corrected chi connectivity index (χ0v) is 22.8. The molecule has 0 fully saturated rings. The van der Waals surface area contributed by atoms with Crippen LogP contribution in [0.4, 0.5) is 5.13 Å². The molecule has 2 amide bonds. The van der Waals surface area contributed by atoms with Crippen molar-refractivity contribution in [1.82, 2.24) is 9.88 Å². The first-order valence-corrected chi connectivity index (χ1v) is 14.5. The van der Waals surface area contributed by atoms with Gasteiger partial charge in [-0.3, -0.25) is 19.2 Å². The van der Waals surface area contributed by atoms with E-state index in [1.165, 1.54) is 35.7 Å². The Balaban J connectivity index is 1.38. The number of sulfonamides is 1. The highest BCUT2D eigenvalue weighted by Gasteiger charge is 2.35. The van der Waals surface area contributed by atoms with Gasteiger partial charge in [-0.05, 0) is 67.0 Å². The van der Waals surface area contributed by atoms with Gasteiger partial charge in [0.05, 0.1) is 4.90 Å². The lowest BCUT2D eigenvalue weighted by atomic mass is 9.94. The summed E-state index contributed by atoms with van der Waals surface area (Å²) in [6.45, 7) is 1.70. The van der Waals surface area contributed by atoms with Crippen LogP contribution in [0.1, 0.15) is 18.2 Å². The number of imide groups is 1. The Hall–Kier alpha value is -4.79. The lowest BCUT2D eigenvalue weighted by Crippen LogP contribution is -2.43. The standard InChI is InChI=1S/C29H22N4O5S2/c1-19-24(27(34)33(28(35)25(19)18-30)15-13-20-5-3-2-4-6-20)17-22-9-12-26(38-22)21-7-10-23(11-8-21)40(36,37)32-29-31-14-16-39-29/h2-12,14,16-17H,13,15H2,1H3,(H,31,32). The van der Waals surface area contributed by atoms with Crippen molar-refractivity contribution < 1.29 is 22.4 Å². The number of rotatable bonds is 8. The maximum Gasteiger partial charge on any atom is 0.271 e. The molecule has 0 saturated heterocycles. The Labute approximate surface area is 234 Å². The first-order valence-electron chi connectivity index (χ1n) is 12.1. The van der Waals surface area contributed by atoms with Crippen LogP contribution in [0.3, 0.4) is 0 Å². The Morgan fingerprint density at radius 1 is 1.05 bits per heavy atom. The first kappa shape index (κ1) is 26.8. The molecule has 0 atom stereocenters. The van der Waals surface area contributed by atoms with Gasteiger partial charge in [-0.25, -0.2) is 13.4 Å². The summed E-state index contributed by atoms with van der Waals surface area (Å²) in [6, 6.07) is 20.9. The molecule has 0 bridgehead atoms. The highest BCUT2D eigenvalue weighted by molar-refractivity contribution is 7.93. The van der Waals surface area contributed by atoms with E-state index in [2.05, 4.69) is 9.71 Å². The number of nitrogens with zero attached hydrogens (tertiary/aromatic N) is 3. The van der Waals surface area contributed by atoms with Crippen LogP contribution in [0.5, 0.6) is 0 Å². The van der Waals surface area contributed by atoms with Gasteiger partial charge in [0.25, 0.3) is 21.8 Å². The second-order valence-corrected chi connectivity index (χ2v) is 11.4. The van der Waals surface area contributed by atoms with Crippen LogP contribution >= 0.6 is 11.3 Å². The van der Waals surface area contributed by atoms with Crippen LogP contribution < -0.4 is 4.72 Å². The largest absolute Gasteiger partial charge is 0.457 e. The molecule has 5 rings (SSSR count). The van der Waals surface area contributed by atoms with Crippen molar-refractivity contribution in [1.29, 1.82) is 5.26 Å². The van der Waals surface area contributed by atoms with E-state index in [1.54, 1.807) is 36.6 Å². The summed E-state index contributed by atoms with van der Waals surface area (Å²) in [5, 5.41) is 11.6. The van der Waals surface area contributed by atoms with E-state index in [1.807, 2.05) is 36.4 Å². The SMILES string of the molecule is CC1=C(C#N)C(=O)N(CCc2ccccc2)C(=O)C1=Cc1ccc(-c2ccc(S(=O)(=O)Nc3nccs3)cc2)o1. The van der Waals surface area contributed by atoms with E-state index in [9.17, 15) is 23.3 Å². The van der Waals surface area contributed by atoms with E-state index < -0.39 is 21.8 Å². The van der Waals surface area contributed by atoms with Gasteiger partial charge < -0.3 is 4.42 Å². The monoisotopic (exact) mass is 570 g/mol. The van der Waals surface area contributed by atoms with Gasteiger partial charge in [0.15, 0.2) is 5.13 Å². The van der Waals surface area contributed by atoms with Gasteiger partial charge in [-0.1, -0.05) is 30.3 Å². The maximum absolute atomic E-state index is 13.3. The molecule has 2 aromatic carbocycles. The van der Waals surface area contributed by atoms with Gasteiger partial charge in [0, 0.05) is 29.3 Å². The average Bonchev–Trinajstić information content (AvgIpc) is 3.64. The molecular weight excluding hydrogens is 548 g/mol. The number of furan rings is 1. The average molecular weight is 571 g/mol. The lowest BCUT2D eigenvalue weighted by molar-refractivity contribution is -0.140. The Morgan fingerprint density at radius 3 is 2.48 bits per heavy atom. The van der Waals surface area contributed by atoms with Crippen LogP contribution in [0.15, 0.2) is 104 Å². The number of nitrogens with one attached hydrogen (secondary N) is 1. The Bertz CT molecular complexity index is 1780. The van der Waals surface area contributed by atoms with Gasteiger partial charge in [0.1, 0.15) is 23.2 Å².